The van der Waals surface area contributed by atoms with Gasteiger partial charge in [0.1, 0.15) is 0 Å². The van der Waals surface area contributed by atoms with Crippen molar-refractivity contribution in [2.24, 2.45) is 0 Å². The number of rotatable bonds is 4. The van der Waals surface area contributed by atoms with Gasteiger partial charge in [-0.1, -0.05) is 6.92 Å². The van der Waals surface area contributed by atoms with Crippen LogP contribution in [-0.4, -0.2) is 27.6 Å². The zero-order valence-corrected chi connectivity index (χ0v) is 9.47. The zero-order chi connectivity index (χ0) is 12.3. The van der Waals surface area contributed by atoms with E-state index in [4.69, 9.17) is 5.11 Å². The van der Waals surface area contributed by atoms with Gasteiger partial charge >= 0.3 is 5.97 Å². The van der Waals surface area contributed by atoms with Crippen molar-refractivity contribution >= 4 is 22.8 Å². The largest absolute Gasteiger partial charge is 0.478 e. The monoisotopic (exact) mass is 231 g/mol. The molecule has 0 fully saturated rings. The Hall–Kier alpha value is -2.17. The highest BCUT2D eigenvalue weighted by atomic mass is 16.4. The summed E-state index contributed by atoms with van der Waals surface area (Å²) in [5, 5.41) is 12.7. The van der Waals surface area contributed by atoms with Gasteiger partial charge in [0.25, 0.3) is 0 Å². The quantitative estimate of drug-likeness (QED) is 0.843. The normalized spacial score (nSPS) is 10.4. The number of carboxylic acid groups (broad SMARTS) is 1. The Bertz CT molecular complexity index is 554. The van der Waals surface area contributed by atoms with Gasteiger partial charge in [-0.15, -0.1) is 0 Å². The summed E-state index contributed by atoms with van der Waals surface area (Å²) in [6.07, 6.45) is 2.63. The summed E-state index contributed by atoms with van der Waals surface area (Å²) in [5.74, 6) is -0.373. The molecule has 1 aromatic carbocycles. The van der Waals surface area contributed by atoms with Gasteiger partial charge in [-0.05, 0) is 24.6 Å². The highest BCUT2D eigenvalue weighted by Crippen LogP contribution is 2.14. The minimum atomic E-state index is -0.944. The predicted octanol–water partition coefficient (Wildman–Crippen LogP) is 2.15. The number of nitrogens with one attached hydrogen (secondary N) is 1. The van der Waals surface area contributed by atoms with E-state index in [1.165, 1.54) is 0 Å². The number of anilines is 1. The molecule has 0 aliphatic rings. The lowest BCUT2D eigenvalue weighted by Crippen LogP contribution is -2.04. The van der Waals surface area contributed by atoms with Gasteiger partial charge in [-0.25, -0.2) is 14.8 Å². The molecular weight excluding hydrogens is 218 g/mol. The van der Waals surface area contributed by atoms with Crippen LogP contribution < -0.4 is 5.32 Å². The van der Waals surface area contributed by atoms with Crippen LogP contribution in [0.1, 0.15) is 23.7 Å². The lowest BCUT2D eigenvalue weighted by Gasteiger charge is -2.04. The molecule has 17 heavy (non-hydrogen) atoms. The average molecular weight is 231 g/mol. The Morgan fingerprint density at radius 2 is 2.29 bits per heavy atom. The maximum Gasteiger partial charge on any atom is 0.335 e. The van der Waals surface area contributed by atoms with Crippen LogP contribution >= 0.6 is 0 Å². The highest BCUT2D eigenvalue weighted by Gasteiger charge is 2.05. The molecule has 2 rings (SSSR count). The van der Waals surface area contributed by atoms with Crippen molar-refractivity contribution in [2.45, 2.75) is 13.3 Å². The van der Waals surface area contributed by atoms with Gasteiger partial charge in [-0.3, -0.25) is 0 Å². The van der Waals surface area contributed by atoms with E-state index in [2.05, 4.69) is 22.2 Å². The molecule has 0 bridgehead atoms. The van der Waals surface area contributed by atoms with Crippen molar-refractivity contribution in [3.8, 4) is 0 Å². The highest BCUT2D eigenvalue weighted by molar-refractivity contribution is 5.93. The third-order valence-electron chi connectivity index (χ3n) is 2.36. The van der Waals surface area contributed by atoms with E-state index in [9.17, 15) is 4.79 Å². The molecule has 0 amide bonds. The molecule has 2 aromatic rings. The molecule has 5 nitrogen and oxygen atoms in total. The number of fused-ring (bicyclic) bond motifs is 1. The lowest BCUT2D eigenvalue weighted by atomic mass is 10.1. The predicted molar refractivity (Wildman–Crippen MR) is 65.3 cm³/mol. The van der Waals surface area contributed by atoms with Crippen LogP contribution in [0.4, 0.5) is 5.95 Å². The van der Waals surface area contributed by atoms with Crippen molar-refractivity contribution in [1.29, 1.82) is 0 Å². The molecule has 0 saturated heterocycles. The smallest absolute Gasteiger partial charge is 0.335 e. The van der Waals surface area contributed by atoms with Gasteiger partial charge in [0, 0.05) is 18.1 Å². The first-order valence-electron chi connectivity index (χ1n) is 5.44. The second-order valence-corrected chi connectivity index (χ2v) is 3.70. The molecule has 0 radical (unpaired) electrons. The first kappa shape index (κ1) is 11.3. The molecule has 0 saturated carbocycles. The van der Waals surface area contributed by atoms with Crippen molar-refractivity contribution < 1.29 is 9.90 Å². The van der Waals surface area contributed by atoms with Crippen LogP contribution in [-0.2, 0) is 0 Å². The summed E-state index contributed by atoms with van der Waals surface area (Å²) in [4.78, 5) is 19.2. The number of benzene rings is 1. The summed E-state index contributed by atoms with van der Waals surface area (Å²) in [7, 11) is 0. The van der Waals surface area contributed by atoms with Gasteiger partial charge in [0.05, 0.1) is 11.1 Å². The Kier molecular flexibility index (Phi) is 3.18. The van der Waals surface area contributed by atoms with Crippen LogP contribution in [0, 0.1) is 0 Å². The maximum atomic E-state index is 10.8. The van der Waals surface area contributed by atoms with E-state index >= 15 is 0 Å². The number of hydrogen-bond donors (Lipinski definition) is 2. The molecular formula is C12H13N3O2. The maximum absolute atomic E-state index is 10.8. The third kappa shape index (κ3) is 2.50. The first-order valence-corrected chi connectivity index (χ1v) is 5.44. The van der Waals surface area contributed by atoms with E-state index in [-0.39, 0.29) is 5.56 Å². The van der Waals surface area contributed by atoms with Crippen molar-refractivity contribution in [3.63, 3.8) is 0 Å². The Labute approximate surface area is 98.5 Å². The molecule has 0 aliphatic heterocycles. The standard InChI is InChI=1S/C12H13N3O2/c1-2-5-13-12-14-7-9-6-8(11(16)17)3-4-10(9)15-12/h3-4,6-7H,2,5H2,1H3,(H,16,17)(H,13,14,15). The van der Waals surface area contributed by atoms with Crippen molar-refractivity contribution in [2.75, 3.05) is 11.9 Å². The van der Waals surface area contributed by atoms with Crippen molar-refractivity contribution in [1.82, 2.24) is 9.97 Å². The second kappa shape index (κ2) is 4.78. The Balaban J connectivity index is 2.36. The van der Waals surface area contributed by atoms with Gasteiger partial charge in [0.15, 0.2) is 0 Å². The van der Waals surface area contributed by atoms with Crippen LogP contribution in [0.5, 0.6) is 0 Å². The van der Waals surface area contributed by atoms with Gasteiger partial charge < -0.3 is 10.4 Å². The Morgan fingerprint density at radius 1 is 1.47 bits per heavy atom. The fourth-order valence-electron chi connectivity index (χ4n) is 1.49. The van der Waals surface area contributed by atoms with Crippen LogP contribution in [0.2, 0.25) is 0 Å². The number of hydrogen-bond acceptors (Lipinski definition) is 4. The zero-order valence-electron chi connectivity index (χ0n) is 9.47. The van der Waals surface area contributed by atoms with E-state index in [1.807, 2.05) is 0 Å². The minimum Gasteiger partial charge on any atom is -0.478 e. The SMILES string of the molecule is CCCNc1ncc2cc(C(=O)O)ccc2n1. The number of nitrogens with zero attached hydrogens (tertiary/aromatic N) is 2. The van der Waals surface area contributed by atoms with E-state index in [0.717, 1.165) is 23.9 Å². The van der Waals surface area contributed by atoms with Crippen LogP contribution in [0.15, 0.2) is 24.4 Å². The molecule has 2 N–H and O–H groups in total. The van der Waals surface area contributed by atoms with E-state index < -0.39 is 5.97 Å². The summed E-state index contributed by atoms with van der Waals surface area (Å²) >= 11 is 0. The second-order valence-electron chi connectivity index (χ2n) is 3.70. The molecule has 1 aromatic heterocycles. The van der Waals surface area contributed by atoms with E-state index in [0.29, 0.717) is 5.95 Å². The average Bonchev–Trinajstić information content (AvgIpc) is 2.35. The molecule has 1 heterocycles. The molecule has 0 aliphatic carbocycles. The summed E-state index contributed by atoms with van der Waals surface area (Å²) in [6.45, 7) is 2.88. The summed E-state index contributed by atoms with van der Waals surface area (Å²) in [5.41, 5.74) is 0.985. The number of aromatic carboxylic acids is 1. The minimum absolute atomic E-state index is 0.246. The third-order valence-corrected chi connectivity index (χ3v) is 2.36. The van der Waals surface area contributed by atoms with Crippen LogP contribution in [0.3, 0.4) is 0 Å². The van der Waals surface area contributed by atoms with Gasteiger partial charge in [0.2, 0.25) is 5.95 Å². The van der Waals surface area contributed by atoms with Gasteiger partial charge in [-0.2, -0.15) is 0 Å². The molecule has 88 valence electrons. The summed E-state index contributed by atoms with van der Waals surface area (Å²) < 4.78 is 0. The fraction of sp³-hybridized carbons (Fsp3) is 0.250. The first-order chi connectivity index (χ1) is 8.20. The Morgan fingerprint density at radius 3 is 3.00 bits per heavy atom. The molecule has 5 heteroatoms. The topological polar surface area (TPSA) is 75.1 Å². The molecule has 0 atom stereocenters. The van der Waals surface area contributed by atoms with Crippen molar-refractivity contribution in [3.05, 3.63) is 30.0 Å². The molecule has 0 unspecified atom stereocenters. The molecule has 0 spiro atoms. The number of carboxylic acids is 1. The lowest BCUT2D eigenvalue weighted by molar-refractivity contribution is 0.0697. The van der Waals surface area contributed by atoms with E-state index in [1.54, 1.807) is 24.4 Å². The summed E-state index contributed by atoms with van der Waals surface area (Å²) in [6, 6.07) is 4.81. The fourth-order valence-corrected chi connectivity index (χ4v) is 1.49. The number of carbonyl (C=O) groups is 1. The number of aromatic nitrogens is 2. The van der Waals surface area contributed by atoms with Crippen LogP contribution in [0.25, 0.3) is 10.9 Å².